The number of halogens is 1. The maximum absolute atomic E-state index is 14.3. The zero-order valence-corrected chi connectivity index (χ0v) is 14.7. The van der Waals surface area contributed by atoms with Crippen LogP contribution in [0.3, 0.4) is 0 Å². The number of benzene rings is 2. The van der Waals surface area contributed by atoms with E-state index in [1.165, 1.54) is 18.6 Å². The van der Waals surface area contributed by atoms with E-state index in [1.807, 2.05) is 29.2 Å². The number of nitrogens with two attached hydrogens (primary N) is 1. The molecule has 2 aromatic carbocycles. The standard InChI is InChI=1S/C21H23FN2O2/c22-20-8-7-18(26-17-5-2-14(3-6-17)9-10-23)12-19(20)21(25)24-13-15-1-4-16(24)11-15/h2-3,5-8,12,15-16H,1,4,9-11,13,23H2/t15-,16-/m0/s1. The molecule has 2 aliphatic rings. The number of amides is 1. The van der Waals surface area contributed by atoms with E-state index in [-0.39, 0.29) is 17.5 Å². The maximum Gasteiger partial charge on any atom is 0.257 e. The normalized spacial score (nSPS) is 21.2. The Morgan fingerprint density at radius 1 is 1.15 bits per heavy atom. The van der Waals surface area contributed by atoms with Gasteiger partial charge in [-0.2, -0.15) is 0 Å². The maximum atomic E-state index is 14.3. The number of ether oxygens (including phenoxy) is 1. The third-order valence-electron chi connectivity index (χ3n) is 5.43. The molecule has 4 rings (SSSR count). The first-order valence-corrected chi connectivity index (χ1v) is 9.21. The second-order valence-electron chi connectivity index (χ2n) is 7.22. The smallest absolute Gasteiger partial charge is 0.257 e. The molecule has 4 nitrogen and oxygen atoms in total. The van der Waals surface area contributed by atoms with Gasteiger partial charge in [0.25, 0.3) is 5.91 Å². The number of hydrogen-bond acceptors (Lipinski definition) is 3. The predicted octanol–water partition coefficient (Wildman–Crippen LogP) is 3.74. The second-order valence-corrected chi connectivity index (χ2v) is 7.22. The molecule has 2 bridgehead atoms. The Hall–Kier alpha value is -2.40. The highest BCUT2D eigenvalue weighted by molar-refractivity contribution is 5.95. The van der Waals surface area contributed by atoms with E-state index in [9.17, 15) is 9.18 Å². The van der Waals surface area contributed by atoms with Gasteiger partial charge in [0.05, 0.1) is 5.56 Å². The molecule has 1 saturated carbocycles. The Morgan fingerprint density at radius 3 is 2.58 bits per heavy atom. The first-order chi connectivity index (χ1) is 12.6. The third kappa shape index (κ3) is 3.31. The number of piperidine rings is 1. The lowest BCUT2D eigenvalue weighted by Crippen LogP contribution is -2.38. The van der Waals surface area contributed by atoms with Gasteiger partial charge in [0.1, 0.15) is 17.3 Å². The zero-order chi connectivity index (χ0) is 18.1. The summed E-state index contributed by atoms with van der Waals surface area (Å²) in [5.74, 6) is 0.974. The summed E-state index contributed by atoms with van der Waals surface area (Å²) in [6, 6.07) is 12.3. The average Bonchev–Trinajstić information content (AvgIpc) is 3.28. The summed E-state index contributed by atoms with van der Waals surface area (Å²) in [6.45, 7) is 1.35. The minimum atomic E-state index is -0.497. The van der Waals surface area contributed by atoms with Crippen LogP contribution in [0.15, 0.2) is 42.5 Å². The Labute approximate surface area is 152 Å². The topological polar surface area (TPSA) is 55.6 Å². The summed E-state index contributed by atoms with van der Waals surface area (Å²) in [4.78, 5) is 14.6. The second kappa shape index (κ2) is 7.08. The van der Waals surface area contributed by atoms with Crippen molar-refractivity contribution in [1.29, 1.82) is 0 Å². The van der Waals surface area contributed by atoms with Crippen LogP contribution in [0, 0.1) is 11.7 Å². The Balaban J connectivity index is 1.51. The van der Waals surface area contributed by atoms with Gasteiger partial charge in [0.15, 0.2) is 0 Å². The van der Waals surface area contributed by atoms with Crippen LogP contribution in [-0.2, 0) is 6.42 Å². The van der Waals surface area contributed by atoms with Gasteiger partial charge in [-0.25, -0.2) is 4.39 Å². The van der Waals surface area contributed by atoms with E-state index >= 15 is 0 Å². The van der Waals surface area contributed by atoms with Crippen LogP contribution in [0.1, 0.15) is 35.2 Å². The molecular formula is C21H23FN2O2. The Morgan fingerprint density at radius 2 is 1.92 bits per heavy atom. The minimum absolute atomic E-state index is 0.0924. The number of likely N-dealkylation sites (tertiary alicyclic amines) is 1. The summed E-state index contributed by atoms with van der Waals surface area (Å²) in [7, 11) is 0. The lowest BCUT2D eigenvalue weighted by atomic mass is 10.1. The molecule has 136 valence electrons. The van der Waals surface area contributed by atoms with Crippen molar-refractivity contribution in [3.8, 4) is 11.5 Å². The molecule has 0 unspecified atom stereocenters. The Bertz CT molecular complexity index is 806. The van der Waals surface area contributed by atoms with Crippen molar-refractivity contribution in [1.82, 2.24) is 4.90 Å². The van der Waals surface area contributed by atoms with Gasteiger partial charge in [-0.1, -0.05) is 12.1 Å². The number of rotatable bonds is 5. The molecule has 2 aromatic rings. The molecule has 0 aromatic heterocycles. The molecule has 1 saturated heterocycles. The van der Waals surface area contributed by atoms with Crippen molar-refractivity contribution < 1.29 is 13.9 Å². The molecule has 2 fully saturated rings. The van der Waals surface area contributed by atoms with Crippen LogP contribution in [0.25, 0.3) is 0 Å². The first-order valence-electron chi connectivity index (χ1n) is 9.21. The number of carbonyl (C=O) groups excluding carboxylic acids is 1. The van der Waals surface area contributed by atoms with Gasteiger partial charge in [0.2, 0.25) is 0 Å². The SMILES string of the molecule is NCCc1ccc(Oc2ccc(F)c(C(=O)N3C[C@H]4CC[C@H]3C4)c2)cc1. The fourth-order valence-electron chi connectivity index (χ4n) is 4.09. The van der Waals surface area contributed by atoms with Gasteiger partial charge in [-0.05, 0) is 74.0 Å². The monoisotopic (exact) mass is 354 g/mol. The molecular weight excluding hydrogens is 331 g/mol. The molecule has 5 heteroatoms. The number of fused-ring (bicyclic) bond motifs is 2. The van der Waals surface area contributed by atoms with Gasteiger partial charge in [0, 0.05) is 12.6 Å². The summed E-state index contributed by atoms with van der Waals surface area (Å²) in [5.41, 5.74) is 6.78. The molecule has 2 N–H and O–H groups in total. The van der Waals surface area contributed by atoms with E-state index in [1.54, 1.807) is 6.07 Å². The first kappa shape index (κ1) is 17.0. The largest absolute Gasteiger partial charge is 0.457 e. The molecule has 1 amide bonds. The highest BCUT2D eigenvalue weighted by Crippen LogP contribution is 2.38. The van der Waals surface area contributed by atoms with Crippen molar-refractivity contribution in [3.05, 3.63) is 59.4 Å². The molecule has 2 atom stereocenters. The van der Waals surface area contributed by atoms with Crippen LogP contribution in [0.5, 0.6) is 11.5 Å². The zero-order valence-electron chi connectivity index (χ0n) is 14.7. The van der Waals surface area contributed by atoms with E-state index in [2.05, 4.69) is 0 Å². The highest BCUT2D eigenvalue weighted by Gasteiger charge is 2.41. The molecule has 26 heavy (non-hydrogen) atoms. The van der Waals surface area contributed by atoms with Crippen LogP contribution >= 0.6 is 0 Å². The van der Waals surface area contributed by atoms with E-state index < -0.39 is 5.82 Å². The fourth-order valence-corrected chi connectivity index (χ4v) is 4.09. The summed E-state index contributed by atoms with van der Waals surface area (Å²) >= 11 is 0. The van der Waals surface area contributed by atoms with E-state index in [0.717, 1.165) is 31.4 Å². The van der Waals surface area contributed by atoms with Crippen LogP contribution in [0.4, 0.5) is 4.39 Å². The van der Waals surface area contributed by atoms with Crippen molar-refractivity contribution in [2.24, 2.45) is 11.7 Å². The molecule has 0 radical (unpaired) electrons. The lowest BCUT2D eigenvalue weighted by Gasteiger charge is -2.27. The lowest BCUT2D eigenvalue weighted by molar-refractivity contribution is 0.0698. The molecule has 1 heterocycles. The van der Waals surface area contributed by atoms with Gasteiger partial charge < -0.3 is 15.4 Å². The average molecular weight is 354 g/mol. The summed E-state index contributed by atoms with van der Waals surface area (Å²) in [5, 5.41) is 0. The van der Waals surface area contributed by atoms with Gasteiger partial charge in [-0.15, -0.1) is 0 Å². The van der Waals surface area contributed by atoms with Gasteiger partial charge in [-0.3, -0.25) is 4.79 Å². The van der Waals surface area contributed by atoms with Crippen molar-refractivity contribution >= 4 is 5.91 Å². The third-order valence-corrected chi connectivity index (χ3v) is 5.43. The Kier molecular flexibility index (Phi) is 4.64. The van der Waals surface area contributed by atoms with Crippen LogP contribution in [0.2, 0.25) is 0 Å². The molecule has 0 spiro atoms. The van der Waals surface area contributed by atoms with Crippen LogP contribution < -0.4 is 10.5 Å². The van der Waals surface area contributed by atoms with Crippen molar-refractivity contribution in [2.45, 2.75) is 31.7 Å². The number of carbonyl (C=O) groups is 1. The minimum Gasteiger partial charge on any atom is -0.457 e. The molecule has 1 aliphatic carbocycles. The van der Waals surface area contributed by atoms with Crippen molar-refractivity contribution in [3.63, 3.8) is 0 Å². The van der Waals surface area contributed by atoms with E-state index in [0.29, 0.717) is 24.0 Å². The summed E-state index contributed by atoms with van der Waals surface area (Å²) < 4.78 is 20.1. The van der Waals surface area contributed by atoms with Crippen LogP contribution in [-0.4, -0.2) is 29.9 Å². The predicted molar refractivity (Wildman–Crippen MR) is 97.8 cm³/mol. The van der Waals surface area contributed by atoms with Gasteiger partial charge >= 0.3 is 0 Å². The summed E-state index contributed by atoms with van der Waals surface area (Å²) in [6.07, 6.45) is 4.08. The number of nitrogens with zero attached hydrogens (tertiary/aromatic N) is 1. The fraction of sp³-hybridized carbons (Fsp3) is 0.381. The highest BCUT2D eigenvalue weighted by atomic mass is 19.1. The molecule has 1 aliphatic heterocycles. The van der Waals surface area contributed by atoms with E-state index in [4.69, 9.17) is 10.5 Å². The quantitative estimate of drug-likeness (QED) is 0.890. The van der Waals surface area contributed by atoms with Crippen molar-refractivity contribution in [2.75, 3.05) is 13.1 Å². The number of hydrogen-bond donors (Lipinski definition) is 1.